The first-order chi connectivity index (χ1) is 10.8. The van der Waals surface area contributed by atoms with Crippen LogP contribution in [0.1, 0.15) is 14.5 Å². The highest BCUT2D eigenvalue weighted by Gasteiger charge is 2.16. The zero-order chi connectivity index (χ0) is 15.4. The van der Waals surface area contributed by atoms with E-state index in [0.29, 0.717) is 16.4 Å². The molecule has 0 bridgehead atoms. The van der Waals surface area contributed by atoms with Crippen molar-refractivity contribution in [1.29, 1.82) is 0 Å². The lowest BCUT2D eigenvalue weighted by Gasteiger charge is -2.03. The van der Waals surface area contributed by atoms with Gasteiger partial charge >= 0.3 is 0 Å². The van der Waals surface area contributed by atoms with Gasteiger partial charge in [-0.25, -0.2) is 0 Å². The quantitative estimate of drug-likeness (QED) is 0.600. The Bertz CT molecular complexity index is 767. The number of hydrogen-bond donors (Lipinski definition) is 1. The second-order valence-electron chi connectivity index (χ2n) is 4.63. The average Bonchev–Trinajstić information content (AvgIpc) is 3.15. The Hall–Kier alpha value is -1.01. The number of thioether (sulfide) groups is 1. The van der Waals surface area contributed by atoms with E-state index < -0.39 is 0 Å². The SMILES string of the molecule is O=C(NCCSCc1cccs1)c1sc2ccccc2c1Cl. The van der Waals surface area contributed by atoms with Gasteiger partial charge in [0.25, 0.3) is 5.91 Å². The molecular formula is C16H14ClNOS3. The highest BCUT2D eigenvalue weighted by atomic mass is 35.5. The predicted molar refractivity (Wildman–Crippen MR) is 99.6 cm³/mol. The molecule has 1 aromatic carbocycles. The number of halogens is 1. The van der Waals surface area contributed by atoms with Crippen LogP contribution in [0.4, 0.5) is 0 Å². The molecule has 0 saturated heterocycles. The van der Waals surface area contributed by atoms with Gasteiger partial charge in [0.15, 0.2) is 0 Å². The number of nitrogens with one attached hydrogen (secondary N) is 1. The van der Waals surface area contributed by atoms with Gasteiger partial charge in [-0.3, -0.25) is 4.79 Å². The number of rotatable bonds is 6. The Balaban J connectivity index is 1.52. The fourth-order valence-corrected chi connectivity index (χ4v) is 5.18. The molecule has 2 nitrogen and oxygen atoms in total. The highest BCUT2D eigenvalue weighted by molar-refractivity contribution is 7.98. The lowest BCUT2D eigenvalue weighted by atomic mass is 10.2. The summed E-state index contributed by atoms with van der Waals surface area (Å²) in [5, 5.41) is 6.54. The van der Waals surface area contributed by atoms with Crippen molar-refractivity contribution in [1.82, 2.24) is 5.32 Å². The van der Waals surface area contributed by atoms with Gasteiger partial charge in [-0.15, -0.1) is 22.7 Å². The third-order valence-corrected chi connectivity index (χ3v) is 6.84. The molecule has 0 unspecified atom stereocenters. The summed E-state index contributed by atoms with van der Waals surface area (Å²) in [7, 11) is 0. The molecular weight excluding hydrogens is 354 g/mol. The molecule has 0 fully saturated rings. The van der Waals surface area contributed by atoms with Gasteiger partial charge in [-0.05, 0) is 17.5 Å². The van der Waals surface area contributed by atoms with E-state index >= 15 is 0 Å². The summed E-state index contributed by atoms with van der Waals surface area (Å²) in [6.07, 6.45) is 0. The van der Waals surface area contributed by atoms with Crippen molar-refractivity contribution < 1.29 is 4.79 Å². The van der Waals surface area contributed by atoms with Crippen LogP contribution in [0, 0.1) is 0 Å². The van der Waals surface area contributed by atoms with Gasteiger partial charge in [-0.1, -0.05) is 35.9 Å². The Kier molecular flexibility index (Phi) is 5.41. The van der Waals surface area contributed by atoms with E-state index in [0.717, 1.165) is 21.6 Å². The maximum Gasteiger partial charge on any atom is 0.262 e. The zero-order valence-electron chi connectivity index (χ0n) is 11.7. The van der Waals surface area contributed by atoms with Crippen molar-refractivity contribution >= 4 is 62.0 Å². The predicted octanol–water partition coefficient (Wildman–Crippen LogP) is 5.28. The lowest BCUT2D eigenvalue weighted by Crippen LogP contribution is -2.25. The number of benzene rings is 1. The van der Waals surface area contributed by atoms with Crippen molar-refractivity contribution in [3.8, 4) is 0 Å². The molecule has 0 aliphatic rings. The Morgan fingerprint density at radius 1 is 1.23 bits per heavy atom. The number of fused-ring (bicyclic) bond motifs is 1. The number of amides is 1. The molecule has 0 atom stereocenters. The molecule has 0 radical (unpaired) electrons. The first-order valence-electron chi connectivity index (χ1n) is 6.81. The van der Waals surface area contributed by atoms with E-state index in [1.807, 2.05) is 36.0 Å². The van der Waals surface area contributed by atoms with Crippen molar-refractivity contribution in [2.24, 2.45) is 0 Å². The summed E-state index contributed by atoms with van der Waals surface area (Å²) in [5.41, 5.74) is 0. The zero-order valence-corrected chi connectivity index (χ0v) is 14.9. The van der Waals surface area contributed by atoms with Crippen LogP contribution >= 0.6 is 46.0 Å². The van der Waals surface area contributed by atoms with Gasteiger partial charge < -0.3 is 5.32 Å². The van der Waals surface area contributed by atoms with E-state index in [1.54, 1.807) is 11.3 Å². The smallest absolute Gasteiger partial charge is 0.262 e. The molecule has 3 rings (SSSR count). The molecule has 2 aromatic heterocycles. The Labute approximate surface area is 146 Å². The maximum atomic E-state index is 12.2. The normalized spacial score (nSPS) is 11.0. The molecule has 0 aliphatic heterocycles. The molecule has 22 heavy (non-hydrogen) atoms. The van der Waals surface area contributed by atoms with Crippen LogP contribution in [0.3, 0.4) is 0 Å². The van der Waals surface area contributed by atoms with E-state index in [-0.39, 0.29) is 5.91 Å². The fraction of sp³-hybridized carbons (Fsp3) is 0.188. The third kappa shape index (κ3) is 3.66. The number of thiophene rings is 2. The van der Waals surface area contributed by atoms with E-state index in [1.165, 1.54) is 16.2 Å². The van der Waals surface area contributed by atoms with Crippen molar-refractivity contribution in [3.05, 3.63) is 56.6 Å². The lowest BCUT2D eigenvalue weighted by molar-refractivity contribution is 0.0960. The fourth-order valence-electron chi connectivity index (χ4n) is 2.04. The van der Waals surface area contributed by atoms with Gasteiger partial charge in [0, 0.05) is 33.0 Å². The first-order valence-corrected chi connectivity index (χ1v) is 10.0. The largest absolute Gasteiger partial charge is 0.350 e. The molecule has 2 heterocycles. The van der Waals surface area contributed by atoms with Crippen LogP contribution in [-0.2, 0) is 5.75 Å². The maximum absolute atomic E-state index is 12.2. The minimum Gasteiger partial charge on any atom is -0.350 e. The molecule has 114 valence electrons. The summed E-state index contributed by atoms with van der Waals surface area (Å²) in [6.45, 7) is 0.652. The van der Waals surface area contributed by atoms with Crippen LogP contribution in [0.15, 0.2) is 41.8 Å². The topological polar surface area (TPSA) is 29.1 Å². The molecule has 0 saturated carbocycles. The van der Waals surface area contributed by atoms with Gasteiger partial charge in [0.1, 0.15) is 4.88 Å². The molecule has 1 N–H and O–H groups in total. The average molecular weight is 368 g/mol. The molecule has 0 aliphatic carbocycles. The van der Waals surface area contributed by atoms with Crippen LogP contribution in [0.2, 0.25) is 5.02 Å². The molecule has 0 spiro atoms. The van der Waals surface area contributed by atoms with Crippen molar-refractivity contribution in [2.75, 3.05) is 12.3 Å². The summed E-state index contributed by atoms with van der Waals surface area (Å²) >= 11 is 11.3. The second kappa shape index (κ2) is 7.51. The van der Waals surface area contributed by atoms with E-state index in [2.05, 4.69) is 22.8 Å². The second-order valence-corrected chi connectivity index (χ2v) is 8.20. The van der Waals surface area contributed by atoms with Gasteiger partial charge in [0.2, 0.25) is 0 Å². The van der Waals surface area contributed by atoms with Crippen LogP contribution < -0.4 is 5.32 Å². The van der Waals surface area contributed by atoms with Crippen LogP contribution in [0.25, 0.3) is 10.1 Å². The van der Waals surface area contributed by atoms with Gasteiger partial charge in [0.05, 0.1) is 5.02 Å². The summed E-state index contributed by atoms with van der Waals surface area (Å²) in [6, 6.07) is 12.0. The number of carbonyl (C=O) groups excluding carboxylic acids is 1. The number of carbonyl (C=O) groups is 1. The van der Waals surface area contributed by atoms with Crippen molar-refractivity contribution in [2.45, 2.75) is 5.75 Å². The highest BCUT2D eigenvalue weighted by Crippen LogP contribution is 2.34. The Morgan fingerprint density at radius 3 is 2.86 bits per heavy atom. The van der Waals surface area contributed by atoms with Crippen LogP contribution in [0.5, 0.6) is 0 Å². The van der Waals surface area contributed by atoms with E-state index in [4.69, 9.17) is 11.6 Å². The van der Waals surface area contributed by atoms with Crippen molar-refractivity contribution in [3.63, 3.8) is 0 Å². The minimum absolute atomic E-state index is 0.0806. The molecule has 3 aromatic rings. The summed E-state index contributed by atoms with van der Waals surface area (Å²) < 4.78 is 1.05. The summed E-state index contributed by atoms with van der Waals surface area (Å²) in [4.78, 5) is 14.2. The monoisotopic (exact) mass is 367 g/mol. The third-order valence-electron chi connectivity index (χ3n) is 3.10. The standard InChI is InChI=1S/C16H14ClNOS3/c17-14-12-5-1-2-6-13(12)22-15(14)16(19)18-7-9-20-10-11-4-3-8-21-11/h1-6,8H,7,9-10H2,(H,18,19). The summed E-state index contributed by atoms with van der Waals surface area (Å²) in [5.74, 6) is 1.81. The van der Waals surface area contributed by atoms with Gasteiger partial charge in [-0.2, -0.15) is 11.8 Å². The number of hydrogen-bond acceptors (Lipinski definition) is 4. The first kappa shape index (κ1) is 15.9. The molecule has 6 heteroatoms. The Morgan fingerprint density at radius 2 is 2.09 bits per heavy atom. The van der Waals surface area contributed by atoms with Crippen LogP contribution in [-0.4, -0.2) is 18.2 Å². The molecule has 1 amide bonds. The van der Waals surface area contributed by atoms with E-state index in [9.17, 15) is 4.79 Å². The minimum atomic E-state index is -0.0806.